The summed E-state index contributed by atoms with van der Waals surface area (Å²) in [5.41, 5.74) is 2.29. The highest BCUT2D eigenvalue weighted by molar-refractivity contribution is 5.84. The van der Waals surface area contributed by atoms with Crippen LogP contribution in [-0.2, 0) is 20.7 Å². The number of fused-ring (bicyclic) bond motifs is 1. The minimum absolute atomic E-state index is 0.0954. The van der Waals surface area contributed by atoms with Crippen LogP contribution in [0.1, 0.15) is 28.7 Å². The van der Waals surface area contributed by atoms with E-state index in [0.717, 1.165) is 17.5 Å². The van der Waals surface area contributed by atoms with Gasteiger partial charge in [0.05, 0.1) is 12.5 Å². The summed E-state index contributed by atoms with van der Waals surface area (Å²) in [4.78, 5) is 24.0. The number of aliphatic carboxylic acids is 1. The lowest BCUT2D eigenvalue weighted by molar-refractivity contribution is -0.139. The molecule has 0 radical (unpaired) electrons. The summed E-state index contributed by atoms with van der Waals surface area (Å²) in [5, 5.41) is 12.0. The molecule has 0 saturated heterocycles. The van der Waals surface area contributed by atoms with E-state index in [2.05, 4.69) is 5.32 Å². The second-order valence-corrected chi connectivity index (χ2v) is 5.89. The summed E-state index contributed by atoms with van der Waals surface area (Å²) in [6.45, 7) is 0.344. The van der Waals surface area contributed by atoms with Crippen molar-refractivity contribution in [3.8, 4) is 0 Å². The molecule has 2 unspecified atom stereocenters. The monoisotopic (exact) mass is 343 g/mol. The lowest BCUT2D eigenvalue weighted by Gasteiger charge is -2.25. The molecule has 0 bridgehead atoms. The van der Waals surface area contributed by atoms with E-state index in [0.29, 0.717) is 12.2 Å². The molecule has 6 heteroatoms. The number of carbonyl (C=O) groups excluding carboxylic acids is 1. The maximum atomic E-state index is 13.0. The van der Waals surface area contributed by atoms with Crippen molar-refractivity contribution < 1.29 is 23.8 Å². The van der Waals surface area contributed by atoms with Gasteiger partial charge in [-0.05, 0) is 35.2 Å². The van der Waals surface area contributed by atoms with Crippen molar-refractivity contribution in [2.24, 2.45) is 0 Å². The number of hydrogen-bond donors (Lipinski definition) is 2. The van der Waals surface area contributed by atoms with Crippen molar-refractivity contribution in [2.75, 3.05) is 13.2 Å². The topological polar surface area (TPSA) is 75.6 Å². The van der Waals surface area contributed by atoms with Gasteiger partial charge in [-0.3, -0.25) is 9.59 Å². The number of rotatable bonds is 5. The van der Waals surface area contributed by atoms with Crippen LogP contribution in [0, 0.1) is 5.82 Å². The number of benzene rings is 2. The zero-order valence-electron chi connectivity index (χ0n) is 13.4. The first-order valence-electron chi connectivity index (χ1n) is 8.01. The molecule has 2 atom stereocenters. The molecule has 1 aliphatic rings. The highest BCUT2D eigenvalue weighted by atomic mass is 19.1. The summed E-state index contributed by atoms with van der Waals surface area (Å²) in [6, 6.07) is 12.8. The highest BCUT2D eigenvalue weighted by Gasteiger charge is 2.28. The lowest BCUT2D eigenvalue weighted by Crippen LogP contribution is -2.37. The summed E-state index contributed by atoms with van der Waals surface area (Å²) >= 11 is 0. The van der Waals surface area contributed by atoms with Gasteiger partial charge in [-0.1, -0.05) is 36.4 Å². The molecule has 0 spiro atoms. The second kappa shape index (κ2) is 7.44. The van der Waals surface area contributed by atoms with E-state index in [-0.39, 0.29) is 12.5 Å². The Hall–Kier alpha value is -2.73. The number of hydrogen-bond acceptors (Lipinski definition) is 3. The standard InChI is InChI=1S/C19H18FNO4/c20-14-7-5-13(6-8-14)16(19(23)24)11-21-18(22)17-15-4-2-1-3-12(15)9-10-25-17/h1-8,16-17H,9-11H2,(H,21,22)(H,23,24). The second-order valence-electron chi connectivity index (χ2n) is 5.89. The predicted octanol–water partition coefficient (Wildman–Crippen LogP) is 2.42. The van der Waals surface area contributed by atoms with Crippen molar-refractivity contribution >= 4 is 11.9 Å². The molecule has 130 valence electrons. The van der Waals surface area contributed by atoms with Crippen molar-refractivity contribution in [1.82, 2.24) is 5.32 Å². The van der Waals surface area contributed by atoms with Crippen molar-refractivity contribution in [3.05, 3.63) is 71.0 Å². The smallest absolute Gasteiger partial charge is 0.312 e. The molecule has 1 amide bonds. The summed E-state index contributed by atoms with van der Waals surface area (Å²) in [6.07, 6.45) is 0.000386. The van der Waals surface area contributed by atoms with E-state index in [9.17, 15) is 19.1 Å². The van der Waals surface area contributed by atoms with Crippen LogP contribution in [0.3, 0.4) is 0 Å². The summed E-state index contributed by atoms with van der Waals surface area (Å²) in [7, 11) is 0. The van der Waals surface area contributed by atoms with Crippen LogP contribution in [0.2, 0.25) is 0 Å². The summed E-state index contributed by atoms with van der Waals surface area (Å²) in [5.74, 6) is -2.86. The largest absolute Gasteiger partial charge is 0.481 e. The molecular weight excluding hydrogens is 325 g/mol. The van der Waals surface area contributed by atoms with Gasteiger partial charge in [0.2, 0.25) is 0 Å². The fourth-order valence-corrected chi connectivity index (χ4v) is 2.95. The third-order valence-electron chi connectivity index (χ3n) is 4.28. The van der Waals surface area contributed by atoms with Gasteiger partial charge in [0.15, 0.2) is 6.10 Å². The van der Waals surface area contributed by atoms with Crippen LogP contribution in [0.4, 0.5) is 4.39 Å². The third-order valence-corrected chi connectivity index (χ3v) is 4.28. The van der Waals surface area contributed by atoms with Gasteiger partial charge in [-0.2, -0.15) is 0 Å². The van der Waals surface area contributed by atoms with Gasteiger partial charge in [0.1, 0.15) is 5.82 Å². The first-order valence-corrected chi connectivity index (χ1v) is 8.01. The molecule has 3 rings (SSSR count). The Morgan fingerprint density at radius 3 is 2.64 bits per heavy atom. The predicted molar refractivity (Wildman–Crippen MR) is 88.6 cm³/mol. The van der Waals surface area contributed by atoms with Gasteiger partial charge in [0.25, 0.3) is 5.91 Å². The molecule has 2 N–H and O–H groups in total. The number of nitrogens with one attached hydrogen (secondary N) is 1. The van der Waals surface area contributed by atoms with Crippen LogP contribution in [-0.4, -0.2) is 30.1 Å². The Morgan fingerprint density at radius 2 is 1.92 bits per heavy atom. The minimum atomic E-state index is -1.09. The van der Waals surface area contributed by atoms with E-state index in [1.54, 1.807) is 0 Å². The zero-order chi connectivity index (χ0) is 17.8. The summed E-state index contributed by atoms with van der Waals surface area (Å²) < 4.78 is 18.6. The Labute approximate surface area is 144 Å². The molecule has 0 aromatic heterocycles. The van der Waals surface area contributed by atoms with E-state index < -0.39 is 23.8 Å². The Morgan fingerprint density at radius 1 is 1.20 bits per heavy atom. The number of amides is 1. The van der Waals surface area contributed by atoms with E-state index >= 15 is 0 Å². The van der Waals surface area contributed by atoms with Crippen molar-refractivity contribution in [2.45, 2.75) is 18.4 Å². The maximum absolute atomic E-state index is 13.0. The van der Waals surface area contributed by atoms with Crippen LogP contribution >= 0.6 is 0 Å². The fourth-order valence-electron chi connectivity index (χ4n) is 2.95. The number of carboxylic acids is 1. The van der Waals surface area contributed by atoms with E-state index in [1.165, 1.54) is 24.3 Å². The van der Waals surface area contributed by atoms with Gasteiger partial charge >= 0.3 is 5.97 Å². The average molecular weight is 343 g/mol. The molecule has 5 nitrogen and oxygen atoms in total. The Balaban J connectivity index is 1.70. The van der Waals surface area contributed by atoms with Crippen LogP contribution in [0.15, 0.2) is 48.5 Å². The van der Waals surface area contributed by atoms with Crippen LogP contribution in [0.25, 0.3) is 0 Å². The van der Waals surface area contributed by atoms with Crippen molar-refractivity contribution in [3.63, 3.8) is 0 Å². The van der Waals surface area contributed by atoms with Crippen LogP contribution in [0.5, 0.6) is 0 Å². The number of halogens is 1. The van der Waals surface area contributed by atoms with E-state index in [4.69, 9.17) is 4.74 Å². The molecule has 1 aliphatic heterocycles. The molecule has 0 aliphatic carbocycles. The number of ether oxygens (including phenoxy) is 1. The molecular formula is C19H18FNO4. The Kier molecular flexibility index (Phi) is 5.09. The fraction of sp³-hybridized carbons (Fsp3) is 0.263. The van der Waals surface area contributed by atoms with Crippen molar-refractivity contribution in [1.29, 1.82) is 0 Å². The molecule has 25 heavy (non-hydrogen) atoms. The molecule has 0 saturated carbocycles. The maximum Gasteiger partial charge on any atom is 0.312 e. The van der Waals surface area contributed by atoms with E-state index in [1.807, 2.05) is 24.3 Å². The van der Waals surface area contributed by atoms with Crippen LogP contribution < -0.4 is 5.32 Å². The normalized spacial score (nSPS) is 17.4. The average Bonchev–Trinajstić information content (AvgIpc) is 2.62. The van der Waals surface area contributed by atoms with Gasteiger partial charge in [0, 0.05) is 6.54 Å². The first-order chi connectivity index (χ1) is 12.1. The Bertz CT molecular complexity index is 775. The zero-order valence-corrected chi connectivity index (χ0v) is 13.4. The minimum Gasteiger partial charge on any atom is -0.481 e. The molecule has 2 aromatic carbocycles. The first kappa shape index (κ1) is 17.1. The highest BCUT2D eigenvalue weighted by Crippen LogP contribution is 2.27. The number of carboxylic acid groups (broad SMARTS) is 1. The van der Waals surface area contributed by atoms with Gasteiger partial charge in [-0.15, -0.1) is 0 Å². The SMILES string of the molecule is O=C(O)C(CNC(=O)C1OCCc2ccccc21)c1ccc(F)cc1. The lowest BCUT2D eigenvalue weighted by atomic mass is 9.96. The van der Waals surface area contributed by atoms with Gasteiger partial charge in [-0.25, -0.2) is 4.39 Å². The quantitative estimate of drug-likeness (QED) is 0.874. The molecule has 0 fully saturated rings. The number of carbonyl (C=O) groups is 2. The van der Waals surface area contributed by atoms with Gasteiger partial charge < -0.3 is 15.2 Å². The third kappa shape index (κ3) is 3.85. The molecule has 1 heterocycles. The molecule has 2 aromatic rings.